The SMILES string of the molecule is CCNC(=NCC1CCCN1Cc1ccccc1)NCCC(=O)OC.I. The number of carbonyl (C=O) groups excluding carboxylic acids is 1. The van der Waals surface area contributed by atoms with Crippen LogP contribution in [0.3, 0.4) is 0 Å². The molecule has 0 bridgehead atoms. The van der Waals surface area contributed by atoms with Gasteiger partial charge < -0.3 is 15.4 Å². The number of likely N-dealkylation sites (tertiary alicyclic amines) is 1. The summed E-state index contributed by atoms with van der Waals surface area (Å²) in [4.78, 5) is 18.4. The molecule has 6 nitrogen and oxygen atoms in total. The number of halogens is 1. The van der Waals surface area contributed by atoms with Crippen LogP contribution in [0.2, 0.25) is 0 Å². The molecular weight excluding hydrogens is 443 g/mol. The van der Waals surface area contributed by atoms with Crippen molar-refractivity contribution in [3.8, 4) is 0 Å². The van der Waals surface area contributed by atoms with Crippen LogP contribution >= 0.6 is 24.0 Å². The van der Waals surface area contributed by atoms with Crippen LogP contribution in [0.4, 0.5) is 0 Å². The van der Waals surface area contributed by atoms with Crippen LogP contribution in [0.1, 0.15) is 31.7 Å². The van der Waals surface area contributed by atoms with E-state index in [0.717, 1.165) is 32.1 Å². The molecule has 1 aliphatic heterocycles. The van der Waals surface area contributed by atoms with Crippen LogP contribution in [-0.4, -0.2) is 56.2 Å². The van der Waals surface area contributed by atoms with Crippen LogP contribution in [0.5, 0.6) is 0 Å². The summed E-state index contributed by atoms with van der Waals surface area (Å²) in [6.45, 7) is 6.23. The van der Waals surface area contributed by atoms with Gasteiger partial charge in [-0.25, -0.2) is 0 Å². The van der Waals surface area contributed by atoms with Gasteiger partial charge >= 0.3 is 5.97 Å². The second-order valence-corrected chi connectivity index (χ2v) is 6.22. The smallest absolute Gasteiger partial charge is 0.307 e. The van der Waals surface area contributed by atoms with Crippen molar-refractivity contribution in [3.05, 3.63) is 35.9 Å². The number of guanidine groups is 1. The summed E-state index contributed by atoms with van der Waals surface area (Å²) in [5.41, 5.74) is 1.35. The number of aliphatic imine (C=N–C) groups is 1. The molecule has 1 aliphatic rings. The summed E-state index contributed by atoms with van der Waals surface area (Å²) in [5, 5.41) is 6.43. The lowest BCUT2D eigenvalue weighted by Crippen LogP contribution is -2.40. The molecule has 0 saturated carbocycles. The quantitative estimate of drug-likeness (QED) is 0.262. The summed E-state index contributed by atoms with van der Waals surface area (Å²) >= 11 is 0. The van der Waals surface area contributed by atoms with E-state index in [4.69, 9.17) is 4.99 Å². The minimum absolute atomic E-state index is 0. The van der Waals surface area contributed by atoms with Gasteiger partial charge in [0.2, 0.25) is 0 Å². The Labute approximate surface area is 173 Å². The van der Waals surface area contributed by atoms with Gasteiger partial charge in [0, 0.05) is 25.7 Å². The average molecular weight is 474 g/mol. The maximum Gasteiger partial charge on any atom is 0.307 e. The molecule has 2 N–H and O–H groups in total. The molecule has 1 saturated heterocycles. The lowest BCUT2D eigenvalue weighted by Gasteiger charge is -2.23. The van der Waals surface area contributed by atoms with Gasteiger partial charge in [-0.05, 0) is 31.9 Å². The summed E-state index contributed by atoms with van der Waals surface area (Å²) < 4.78 is 4.66. The second kappa shape index (κ2) is 12.9. The lowest BCUT2D eigenvalue weighted by atomic mass is 10.2. The maximum atomic E-state index is 11.2. The van der Waals surface area contributed by atoms with E-state index in [1.807, 2.05) is 6.92 Å². The molecule has 26 heavy (non-hydrogen) atoms. The first-order valence-electron chi connectivity index (χ1n) is 9.10. The molecule has 146 valence electrons. The monoisotopic (exact) mass is 474 g/mol. The van der Waals surface area contributed by atoms with Gasteiger partial charge in [-0.2, -0.15) is 0 Å². The van der Waals surface area contributed by atoms with Crippen LogP contribution in [-0.2, 0) is 16.1 Å². The summed E-state index contributed by atoms with van der Waals surface area (Å²) in [6, 6.07) is 11.1. The predicted octanol–water partition coefficient (Wildman–Crippen LogP) is 2.39. The van der Waals surface area contributed by atoms with E-state index >= 15 is 0 Å². The largest absolute Gasteiger partial charge is 0.469 e. The highest BCUT2D eigenvalue weighted by atomic mass is 127. The van der Waals surface area contributed by atoms with Crippen molar-refractivity contribution in [2.24, 2.45) is 4.99 Å². The number of carbonyl (C=O) groups is 1. The van der Waals surface area contributed by atoms with Crippen LogP contribution in [0, 0.1) is 0 Å². The summed E-state index contributed by atoms with van der Waals surface area (Å²) in [7, 11) is 1.41. The molecule has 0 amide bonds. The third-order valence-electron chi connectivity index (χ3n) is 4.38. The molecule has 0 radical (unpaired) electrons. The average Bonchev–Trinajstić information content (AvgIpc) is 3.07. The van der Waals surface area contributed by atoms with E-state index in [1.54, 1.807) is 0 Å². The highest BCUT2D eigenvalue weighted by Crippen LogP contribution is 2.20. The fourth-order valence-electron chi connectivity index (χ4n) is 3.05. The Bertz CT molecular complexity index is 554. The molecule has 1 heterocycles. The number of hydrogen-bond acceptors (Lipinski definition) is 4. The first-order valence-corrected chi connectivity index (χ1v) is 9.10. The topological polar surface area (TPSA) is 66.0 Å². The Morgan fingerprint density at radius 2 is 2.08 bits per heavy atom. The zero-order chi connectivity index (χ0) is 17.9. The number of ether oxygens (including phenoxy) is 1. The predicted molar refractivity (Wildman–Crippen MR) is 116 cm³/mol. The Morgan fingerprint density at radius 1 is 1.31 bits per heavy atom. The number of nitrogens with one attached hydrogen (secondary N) is 2. The number of methoxy groups -OCH3 is 1. The second-order valence-electron chi connectivity index (χ2n) is 6.22. The Morgan fingerprint density at radius 3 is 2.77 bits per heavy atom. The molecule has 0 aromatic heterocycles. The fraction of sp³-hybridized carbons (Fsp3) is 0.579. The molecule has 1 atom stereocenters. The zero-order valence-corrected chi connectivity index (χ0v) is 18.1. The molecule has 7 heteroatoms. The van der Waals surface area contributed by atoms with Gasteiger partial charge in [0.05, 0.1) is 20.1 Å². The first-order chi connectivity index (χ1) is 12.2. The van der Waals surface area contributed by atoms with Crippen molar-refractivity contribution < 1.29 is 9.53 Å². The van der Waals surface area contributed by atoms with E-state index in [9.17, 15) is 4.79 Å². The Kier molecular flexibility index (Phi) is 11.3. The zero-order valence-electron chi connectivity index (χ0n) is 15.7. The maximum absolute atomic E-state index is 11.2. The molecule has 2 rings (SSSR count). The van der Waals surface area contributed by atoms with E-state index in [1.165, 1.54) is 25.5 Å². The van der Waals surface area contributed by atoms with Crippen molar-refractivity contribution in [1.29, 1.82) is 0 Å². The van der Waals surface area contributed by atoms with Crippen molar-refractivity contribution in [1.82, 2.24) is 15.5 Å². The van der Waals surface area contributed by atoms with Gasteiger partial charge in [-0.15, -0.1) is 24.0 Å². The van der Waals surface area contributed by atoms with Crippen LogP contribution < -0.4 is 10.6 Å². The normalized spacial score (nSPS) is 17.5. The molecule has 1 fully saturated rings. The van der Waals surface area contributed by atoms with Gasteiger partial charge in [-0.3, -0.25) is 14.7 Å². The third kappa shape index (κ3) is 7.90. The molecule has 0 aliphatic carbocycles. The highest BCUT2D eigenvalue weighted by Gasteiger charge is 2.24. The van der Waals surface area contributed by atoms with Crippen molar-refractivity contribution in [2.45, 2.75) is 38.8 Å². The standard InChI is InChI=1S/C19H30N4O2.HI/c1-3-20-19(21-12-11-18(24)25-2)22-14-17-10-7-13-23(17)15-16-8-5-4-6-9-16;/h4-6,8-9,17H,3,7,10-15H2,1-2H3,(H2,20,21,22);1H. The van der Waals surface area contributed by atoms with Crippen LogP contribution in [0.15, 0.2) is 35.3 Å². The first kappa shape index (κ1) is 22.7. The summed E-state index contributed by atoms with van der Waals surface area (Å²) in [5.74, 6) is 0.547. The van der Waals surface area contributed by atoms with E-state index in [2.05, 4.69) is 50.6 Å². The van der Waals surface area contributed by atoms with Crippen LogP contribution in [0.25, 0.3) is 0 Å². The number of rotatable bonds is 8. The summed E-state index contributed by atoms with van der Waals surface area (Å²) in [6.07, 6.45) is 2.74. The number of esters is 1. The highest BCUT2D eigenvalue weighted by molar-refractivity contribution is 14.0. The van der Waals surface area contributed by atoms with Gasteiger partial charge in [0.1, 0.15) is 0 Å². The van der Waals surface area contributed by atoms with E-state index in [-0.39, 0.29) is 29.9 Å². The Hall–Kier alpha value is -1.35. The molecule has 1 aromatic carbocycles. The minimum atomic E-state index is -0.215. The number of hydrogen-bond donors (Lipinski definition) is 2. The molecular formula is C19H31IN4O2. The van der Waals surface area contributed by atoms with Crippen molar-refractivity contribution >= 4 is 35.9 Å². The van der Waals surface area contributed by atoms with Gasteiger partial charge in [0.25, 0.3) is 0 Å². The third-order valence-corrected chi connectivity index (χ3v) is 4.38. The minimum Gasteiger partial charge on any atom is -0.469 e. The molecule has 1 unspecified atom stereocenters. The van der Waals surface area contributed by atoms with Crippen molar-refractivity contribution in [2.75, 3.05) is 33.3 Å². The van der Waals surface area contributed by atoms with Crippen molar-refractivity contribution in [3.63, 3.8) is 0 Å². The molecule has 1 aromatic rings. The Balaban J connectivity index is 0.00000338. The molecule has 0 spiro atoms. The number of benzene rings is 1. The lowest BCUT2D eigenvalue weighted by molar-refractivity contribution is -0.140. The van der Waals surface area contributed by atoms with Gasteiger partial charge in [0.15, 0.2) is 5.96 Å². The van der Waals surface area contributed by atoms with E-state index < -0.39 is 0 Å². The fourth-order valence-corrected chi connectivity index (χ4v) is 3.05. The number of nitrogens with zero attached hydrogens (tertiary/aromatic N) is 2. The van der Waals surface area contributed by atoms with E-state index in [0.29, 0.717) is 19.0 Å². The van der Waals surface area contributed by atoms with Gasteiger partial charge in [-0.1, -0.05) is 30.3 Å².